The number of benzene rings is 2. The number of hydrogen-bond acceptors (Lipinski definition) is 5. The molecule has 0 bridgehead atoms. The molecule has 0 radical (unpaired) electrons. The van der Waals surface area contributed by atoms with Gasteiger partial charge in [0, 0.05) is 40.5 Å². The Hall–Kier alpha value is -3.16. The average Bonchev–Trinajstić information content (AvgIpc) is 3.24. The first-order chi connectivity index (χ1) is 14.8. The van der Waals surface area contributed by atoms with Gasteiger partial charge in [-0.2, -0.15) is 0 Å². The first-order valence-electron chi connectivity index (χ1n) is 10.5. The summed E-state index contributed by atoms with van der Waals surface area (Å²) in [6.45, 7) is 1.57. The van der Waals surface area contributed by atoms with Gasteiger partial charge in [-0.1, -0.05) is 6.07 Å². The molecule has 4 aromatic rings. The first-order valence-corrected chi connectivity index (χ1v) is 10.5. The molecule has 0 saturated heterocycles. The fourth-order valence-electron chi connectivity index (χ4n) is 4.24. The summed E-state index contributed by atoms with van der Waals surface area (Å²) in [5, 5.41) is 33.3. The molecule has 0 atom stereocenters. The van der Waals surface area contributed by atoms with Crippen molar-refractivity contribution >= 4 is 21.8 Å². The van der Waals surface area contributed by atoms with Crippen molar-refractivity contribution in [2.75, 3.05) is 41.3 Å². The quantitative estimate of drug-likeness (QED) is 0.313. The molecule has 5 N–H and O–H groups in total. The molecule has 31 heavy (non-hydrogen) atoms. The van der Waals surface area contributed by atoms with Gasteiger partial charge in [-0.15, -0.1) is 0 Å². The van der Waals surface area contributed by atoms with Crippen molar-refractivity contribution in [2.45, 2.75) is 12.8 Å². The number of fused-ring (bicyclic) bond motifs is 2. The minimum atomic E-state index is 0.0772. The van der Waals surface area contributed by atoms with E-state index >= 15 is 0 Å². The molecule has 0 aliphatic rings. The van der Waals surface area contributed by atoms with Crippen molar-refractivity contribution in [3.8, 4) is 28.6 Å². The Kier molecular flexibility index (Phi) is 5.56. The van der Waals surface area contributed by atoms with Crippen LogP contribution in [0, 0.1) is 0 Å². The third-order valence-electron chi connectivity index (χ3n) is 5.81. The number of nitrogens with zero attached hydrogens (tertiary/aromatic N) is 2. The number of aromatic nitrogens is 2. The zero-order valence-electron chi connectivity index (χ0n) is 18.5. The number of phenolic OH excluding ortho intramolecular Hbond substituents is 2. The van der Waals surface area contributed by atoms with E-state index in [4.69, 9.17) is 0 Å². The van der Waals surface area contributed by atoms with E-state index in [1.807, 2.05) is 51.3 Å². The summed E-state index contributed by atoms with van der Waals surface area (Å²) < 4.78 is 0. The molecule has 7 heteroatoms. The van der Waals surface area contributed by atoms with Crippen LogP contribution in [0.25, 0.3) is 33.1 Å². The molecule has 0 amide bonds. The Labute approximate surface area is 181 Å². The minimum Gasteiger partial charge on any atom is -0.507 e. The second kappa shape index (κ2) is 8.17. The van der Waals surface area contributed by atoms with Gasteiger partial charge >= 0.3 is 0 Å². The maximum Gasteiger partial charge on any atom is 0.192 e. The van der Waals surface area contributed by atoms with Crippen LogP contribution in [-0.4, -0.2) is 76.4 Å². The SMILES string of the molecule is CN(C)CCc1c(-c2ccc(O)c3c(CCN(C)C)c(O)[nH]c23)[nH]c2cccc(O)c12. The molecule has 0 fully saturated rings. The van der Waals surface area contributed by atoms with E-state index < -0.39 is 0 Å². The highest BCUT2D eigenvalue weighted by atomic mass is 16.3. The maximum absolute atomic E-state index is 10.6. The van der Waals surface area contributed by atoms with Gasteiger partial charge in [0.1, 0.15) is 11.5 Å². The van der Waals surface area contributed by atoms with E-state index in [2.05, 4.69) is 14.9 Å². The number of phenols is 2. The molecule has 0 spiro atoms. The van der Waals surface area contributed by atoms with Gasteiger partial charge < -0.3 is 35.1 Å². The Bertz CT molecular complexity index is 1240. The zero-order chi connectivity index (χ0) is 22.3. The van der Waals surface area contributed by atoms with E-state index in [1.54, 1.807) is 12.1 Å². The van der Waals surface area contributed by atoms with Gasteiger partial charge in [0.05, 0.1) is 11.2 Å². The van der Waals surface area contributed by atoms with Crippen LogP contribution in [0.1, 0.15) is 11.1 Å². The van der Waals surface area contributed by atoms with Crippen LogP contribution in [0.3, 0.4) is 0 Å². The molecule has 164 valence electrons. The van der Waals surface area contributed by atoms with E-state index in [-0.39, 0.29) is 17.4 Å². The van der Waals surface area contributed by atoms with Crippen LogP contribution in [0.5, 0.6) is 17.4 Å². The van der Waals surface area contributed by atoms with Crippen LogP contribution in [0.4, 0.5) is 0 Å². The number of hydrogen-bond donors (Lipinski definition) is 5. The van der Waals surface area contributed by atoms with Gasteiger partial charge in [-0.05, 0) is 70.9 Å². The molecule has 4 rings (SSSR count). The van der Waals surface area contributed by atoms with E-state index in [0.717, 1.165) is 47.2 Å². The molecule has 0 aliphatic heterocycles. The summed E-state index contributed by atoms with van der Waals surface area (Å²) in [5.41, 5.74) is 4.99. The van der Waals surface area contributed by atoms with Crippen LogP contribution >= 0.6 is 0 Å². The highest BCUT2D eigenvalue weighted by molar-refractivity contribution is 6.04. The fraction of sp³-hybridized carbons (Fsp3) is 0.333. The molecular weight excluding hydrogens is 392 g/mol. The summed E-state index contributed by atoms with van der Waals surface area (Å²) in [7, 11) is 8.00. The van der Waals surface area contributed by atoms with Gasteiger partial charge in [0.2, 0.25) is 0 Å². The normalized spacial score (nSPS) is 12.1. The average molecular weight is 423 g/mol. The molecule has 0 unspecified atom stereocenters. The Morgan fingerprint density at radius 2 is 1.39 bits per heavy atom. The number of rotatable bonds is 7. The Morgan fingerprint density at radius 1 is 0.742 bits per heavy atom. The topological polar surface area (TPSA) is 98.8 Å². The summed E-state index contributed by atoms with van der Waals surface area (Å²) in [6, 6.07) is 8.99. The number of H-pyrrole nitrogens is 2. The van der Waals surface area contributed by atoms with Crippen molar-refractivity contribution in [3.05, 3.63) is 41.5 Å². The predicted octanol–water partition coefficient (Wildman–Crippen LogP) is 3.64. The number of nitrogens with one attached hydrogen (secondary N) is 2. The van der Waals surface area contributed by atoms with Crippen LogP contribution in [0.15, 0.2) is 30.3 Å². The van der Waals surface area contributed by atoms with Gasteiger partial charge in [-0.25, -0.2) is 0 Å². The van der Waals surface area contributed by atoms with Crippen molar-refractivity contribution in [1.29, 1.82) is 0 Å². The monoisotopic (exact) mass is 422 g/mol. The highest BCUT2D eigenvalue weighted by Gasteiger charge is 2.22. The minimum absolute atomic E-state index is 0.0772. The third kappa shape index (κ3) is 3.82. The smallest absolute Gasteiger partial charge is 0.192 e. The highest BCUT2D eigenvalue weighted by Crippen LogP contribution is 2.43. The van der Waals surface area contributed by atoms with Gasteiger partial charge in [0.25, 0.3) is 0 Å². The molecule has 7 nitrogen and oxygen atoms in total. The molecule has 0 aliphatic carbocycles. The second-order valence-electron chi connectivity index (χ2n) is 8.62. The third-order valence-corrected chi connectivity index (χ3v) is 5.81. The predicted molar refractivity (Wildman–Crippen MR) is 125 cm³/mol. The molecular formula is C24H30N4O3. The number of aromatic hydroxyl groups is 3. The maximum atomic E-state index is 10.6. The van der Waals surface area contributed by atoms with E-state index in [1.165, 1.54) is 0 Å². The standard InChI is InChI=1S/C24H30N4O3/c1-27(2)12-10-14-20-17(6-5-7-18(20)29)25-22(14)16-8-9-19(30)21-15(11-13-28(3)4)24(31)26-23(16)21/h5-9,25-26,29-31H,10-13H2,1-4H3. The van der Waals surface area contributed by atoms with Crippen molar-refractivity contribution in [3.63, 3.8) is 0 Å². The van der Waals surface area contributed by atoms with Crippen molar-refractivity contribution < 1.29 is 15.3 Å². The van der Waals surface area contributed by atoms with Gasteiger partial charge in [0.15, 0.2) is 5.88 Å². The Morgan fingerprint density at radius 3 is 2.06 bits per heavy atom. The lowest BCUT2D eigenvalue weighted by molar-refractivity contribution is 0.404. The summed E-state index contributed by atoms with van der Waals surface area (Å²) in [5.74, 6) is 0.455. The van der Waals surface area contributed by atoms with E-state index in [9.17, 15) is 15.3 Å². The molecule has 2 heterocycles. The summed E-state index contributed by atoms with van der Waals surface area (Å²) >= 11 is 0. The second-order valence-corrected chi connectivity index (χ2v) is 8.62. The fourth-order valence-corrected chi connectivity index (χ4v) is 4.24. The lowest BCUT2D eigenvalue weighted by Crippen LogP contribution is -2.15. The first kappa shape index (κ1) is 21.1. The van der Waals surface area contributed by atoms with Crippen molar-refractivity contribution in [2.24, 2.45) is 0 Å². The summed E-state index contributed by atoms with van der Waals surface area (Å²) in [4.78, 5) is 10.7. The van der Waals surface area contributed by atoms with E-state index in [0.29, 0.717) is 22.9 Å². The van der Waals surface area contributed by atoms with Crippen molar-refractivity contribution in [1.82, 2.24) is 19.8 Å². The molecule has 2 aromatic heterocycles. The number of likely N-dealkylation sites (N-methyl/N-ethyl adjacent to an activating group) is 2. The molecule has 0 saturated carbocycles. The lowest BCUT2D eigenvalue weighted by Gasteiger charge is -2.12. The molecule has 2 aromatic carbocycles. The zero-order valence-corrected chi connectivity index (χ0v) is 18.5. The largest absolute Gasteiger partial charge is 0.507 e. The Balaban J connectivity index is 1.95. The van der Waals surface area contributed by atoms with Crippen LogP contribution < -0.4 is 0 Å². The van der Waals surface area contributed by atoms with Crippen LogP contribution in [0.2, 0.25) is 0 Å². The number of aromatic amines is 2. The van der Waals surface area contributed by atoms with Crippen LogP contribution in [-0.2, 0) is 12.8 Å². The lowest BCUT2D eigenvalue weighted by atomic mass is 9.98. The van der Waals surface area contributed by atoms with Gasteiger partial charge in [-0.3, -0.25) is 0 Å². The summed E-state index contributed by atoms with van der Waals surface area (Å²) in [6.07, 6.45) is 1.35.